The van der Waals surface area contributed by atoms with Crippen molar-refractivity contribution in [1.29, 1.82) is 5.41 Å². The number of amides is 1. The molecule has 0 heterocycles. The van der Waals surface area contributed by atoms with Gasteiger partial charge in [-0.2, -0.15) is 0 Å². The quantitative estimate of drug-likeness (QED) is 0.195. The minimum absolute atomic E-state index is 0.162. The van der Waals surface area contributed by atoms with E-state index in [1.54, 1.807) is 6.92 Å². The van der Waals surface area contributed by atoms with Gasteiger partial charge in [0.2, 0.25) is 12.4 Å². The standard InChI is InChI=1S/C4H10N4O/c1-2-8(4(5)6)7-3-9/h3H,2H2,1H3,(H3,5,6)(H,7,9). The Morgan fingerprint density at radius 3 is 2.67 bits per heavy atom. The summed E-state index contributed by atoms with van der Waals surface area (Å²) >= 11 is 0. The number of nitrogens with two attached hydrogens (primary N) is 1. The van der Waals surface area contributed by atoms with Crippen LogP contribution in [0.5, 0.6) is 0 Å². The minimum atomic E-state index is -0.162. The second-order valence-corrected chi connectivity index (χ2v) is 1.38. The molecule has 1 amide bonds. The first kappa shape index (κ1) is 7.74. The van der Waals surface area contributed by atoms with Crippen LogP contribution < -0.4 is 11.2 Å². The van der Waals surface area contributed by atoms with Crippen molar-refractivity contribution in [2.45, 2.75) is 6.92 Å². The Hall–Kier alpha value is -1.26. The highest BCUT2D eigenvalue weighted by Crippen LogP contribution is 1.73. The fourth-order valence-corrected chi connectivity index (χ4v) is 0.395. The molecule has 0 fully saturated rings. The average molecular weight is 130 g/mol. The Labute approximate surface area is 53.3 Å². The molecule has 0 bridgehead atoms. The number of carbonyl (C=O) groups excluding carboxylic acids is 1. The van der Waals surface area contributed by atoms with Crippen LogP contribution in [0.2, 0.25) is 0 Å². The topological polar surface area (TPSA) is 82.2 Å². The third-order valence-electron chi connectivity index (χ3n) is 0.816. The monoisotopic (exact) mass is 130 g/mol. The zero-order chi connectivity index (χ0) is 7.28. The molecular weight excluding hydrogens is 120 g/mol. The van der Waals surface area contributed by atoms with Crippen LogP contribution in [0, 0.1) is 5.41 Å². The Bertz CT molecular complexity index is 113. The van der Waals surface area contributed by atoms with Crippen LogP contribution in [0.25, 0.3) is 0 Å². The summed E-state index contributed by atoms with van der Waals surface area (Å²) < 4.78 is 0. The maximum Gasteiger partial charge on any atom is 0.225 e. The summed E-state index contributed by atoms with van der Waals surface area (Å²) in [7, 11) is 0. The fraction of sp³-hybridized carbons (Fsp3) is 0.500. The van der Waals surface area contributed by atoms with Crippen molar-refractivity contribution in [3.8, 4) is 0 Å². The Balaban J connectivity index is 3.67. The van der Waals surface area contributed by atoms with E-state index in [4.69, 9.17) is 11.1 Å². The maximum atomic E-state index is 9.77. The first-order valence-electron chi connectivity index (χ1n) is 2.53. The number of nitrogens with one attached hydrogen (secondary N) is 2. The van der Waals surface area contributed by atoms with Gasteiger partial charge in [0.05, 0.1) is 0 Å². The molecule has 0 aromatic carbocycles. The summed E-state index contributed by atoms with van der Waals surface area (Å²) in [6.45, 7) is 2.27. The first-order chi connectivity index (χ1) is 4.22. The molecule has 5 nitrogen and oxygen atoms in total. The highest BCUT2D eigenvalue weighted by Gasteiger charge is 1.98. The van der Waals surface area contributed by atoms with Crippen molar-refractivity contribution in [1.82, 2.24) is 10.4 Å². The number of hydrogen-bond acceptors (Lipinski definition) is 2. The van der Waals surface area contributed by atoms with E-state index < -0.39 is 0 Å². The fourth-order valence-electron chi connectivity index (χ4n) is 0.395. The molecule has 0 saturated carbocycles. The Morgan fingerprint density at radius 1 is 2.00 bits per heavy atom. The van der Waals surface area contributed by atoms with E-state index in [1.165, 1.54) is 5.01 Å². The zero-order valence-electron chi connectivity index (χ0n) is 5.22. The molecule has 0 aliphatic heterocycles. The van der Waals surface area contributed by atoms with Crippen LogP contribution in [0.15, 0.2) is 0 Å². The van der Waals surface area contributed by atoms with Gasteiger partial charge in [-0.1, -0.05) is 0 Å². The molecule has 0 spiro atoms. The lowest BCUT2D eigenvalue weighted by Gasteiger charge is -2.17. The van der Waals surface area contributed by atoms with Gasteiger partial charge < -0.3 is 5.73 Å². The lowest BCUT2D eigenvalue weighted by Crippen LogP contribution is -2.45. The van der Waals surface area contributed by atoms with Crippen molar-refractivity contribution < 1.29 is 4.79 Å². The average Bonchev–Trinajstić information content (AvgIpc) is 1.82. The molecule has 0 aromatic rings. The van der Waals surface area contributed by atoms with Gasteiger partial charge in [0.25, 0.3) is 0 Å². The summed E-state index contributed by atoms with van der Waals surface area (Å²) in [5, 5.41) is 8.05. The van der Waals surface area contributed by atoms with Gasteiger partial charge in [0.15, 0.2) is 0 Å². The van der Waals surface area contributed by atoms with E-state index in [2.05, 4.69) is 5.43 Å². The molecule has 0 radical (unpaired) electrons. The lowest BCUT2D eigenvalue weighted by atomic mass is 10.7. The van der Waals surface area contributed by atoms with E-state index in [0.29, 0.717) is 13.0 Å². The van der Waals surface area contributed by atoms with Crippen LogP contribution in [0.1, 0.15) is 6.92 Å². The van der Waals surface area contributed by atoms with E-state index in [9.17, 15) is 4.79 Å². The summed E-state index contributed by atoms with van der Waals surface area (Å²) in [4.78, 5) is 9.77. The number of rotatable bonds is 3. The van der Waals surface area contributed by atoms with Crippen molar-refractivity contribution in [3.63, 3.8) is 0 Å². The molecule has 5 heteroatoms. The third-order valence-corrected chi connectivity index (χ3v) is 0.816. The van der Waals surface area contributed by atoms with Crippen LogP contribution in [-0.4, -0.2) is 23.9 Å². The number of carbonyl (C=O) groups is 1. The van der Waals surface area contributed by atoms with Gasteiger partial charge >= 0.3 is 0 Å². The first-order valence-corrected chi connectivity index (χ1v) is 2.53. The van der Waals surface area contributed by atoms with Gasteiger partial charge in [0, 0.05) is 6.54 Å². The van der Waals surface area contributed by atoms with Crippen LogP contribution in [0.4, 0.5) is 0 Å². The molecule has 0 rings (SSSR count). The summed E-state index contributed by atoms with van der Waals surface area (Å²) in [5.74, 6) is -0.162. The van der Waals surface area contributed by atoms with E-state index in [0.717, 1.165) is 0 Å². The normalized spacial score (nSPS) is 8.11. The predicted octanol–water partition coefficient (Wildman–Crippen LogP) is -1.14. The lowest BCUT2D eigenvalue weighted by molar-refractivity contribution is -0.112. The van der Waals surface area contributed by atoms with Gasteiger partial charge in [-0.05, 0) is 6.92 Å². The van der Waals surface area contributed by atoms with Crippen molar-refractivity contribution in [2.24, 2.45) is 5.73 Å². The van der Waals surface area contributed by atoms with Crippen LogP contribution in [0.3, 0.4) is 0 Å². The Kier molecular flexibility index (Phi) is 3.19. The number of hydrogen-bond donors (Lipinski definition) is 3. The van der Waals surface area contributed by atoms with E-state index in [-0.39, 0.29) is 5.96 Å². The zero-order valence-corrected chi connectivity index (χ0v) is 5.22. The number of nitrogens with zero attached hydrogens (tertiary/aromatic N) is 1. The Morgan fingerprint density at radius 2 is 2.56 bits per heavy atom. The van der Waals surface area contributed by atoms with Gasteiger partial charge in [-0.15, -0.1) is 0 Å². The summed E-state index contributed by atoms with van der Waals surface area (Å²) in [6, 6.07) is 0. The molecule has 0 unspecified atom stereocenters. The minimum Gasteiger partial charge on any atom is -0.369 e. The second-order valence-electron chi connectivity index (χ2n) is 1.38. The van der Waals surface area contributed by atoms with Crippen LogP contribution in [-0.2, 0) is 4.79 Å². The van der Waals surface area contributed by atoms with Crippen molar-refractivity contribution >= 4 is 12.4 Å². The van der Waals surface area contributed by atoms with E-state index in [1.807, 2.05) is 0 Å². The van der Waals surface area contributed by atoms with E-state index >= 15 is 0 Å². The number of guanidine groups is 1. The molecule has 0 aliphatic rings. The molecule has 4 N–H and O–H groups in total. The highest BCUT2D eigenvalue weighted by molar-refractivity contribution is 5.75. The molecular formula is C4H10N4O. The van der Waals surface area contributed by atoms with Gasteiger partial charge in [-0.3, -0.25) is 20.6 Å². The number of hydrazine groups is 1. The van der Waals surface area contributed by atoms with Gasteiger partial charge in [0.1, 0.15) is 0 Å². The summed E-state index contributed by atoms with van der Waals surface area (Å²) in [6.07, 6.45) is 0.477. The summed E-state index contributed by atoms with van der Waals surface area (Å²) in [5.41, 5.74) is 7.26. The molecule has 0 saturated heterocycles. The maximum absolute atomic E-state index is 9.77. The van der Waals surface area contributed by atoms with Gasteiger partial charge in [-0.25, -0.2) is 0 Å². The van der Waals surface area contributed by atoms with Crippen molar-refractivity contribution in [2.75, 3.05) is 6.54 Å². The molecule has 0 aliphatic carbocycles. The second kappa shape index (κ2) is 3.71. The van der Waals surface area contributed by atoms with Crippen LogP contribution >= 0.6 is 0 Å². The molecule has 52 valence electrons. The van der Waals surface area contributed by atoms with Crippen molar-refractivity contribution in [3.05, 3.63) is 0 Å². The SMILES string of the molecule is CCN(NC=O)C(=N)N. The third kappa shape index (κ3) is 2.53. The smallest absolute Gasteiger partial charge is 0.225 e. The predicted molar refractivity (Wildman–Crippen MR) is 33.5 cm³/mol. The molecule has 0 aromatic heterocycles. The molecule has 9 heavy (non-hydrogen) atoms. The highest BCUT2D eigenvalue weighted by atomic mass is 16.1. The largest absolute Gasteiger partial charge is 0.369 e. The molecule has 0 atom stereocenters.